The average molecular weight is 1370 g/mol. The molecule has 2 aliphatic carbocycles. The molecule has 14 aromatic rings. The molecule has 0 spiro atoms. The molecule has 522 valence electrons. The van der Waals surface area contributed by atoms with Gasteiger partial charge in [0.25, 0.3) is 6.71 Å². The molecule has 4 aliphatic rings. The standard InChI is InChI=1S/C102H96BN3/c1-97(2,3)77-39-28-69(29-40-77)76-62-94-96-95(63-76)105(80-43-32-68(33-44-80)74-35-47-85-87(60-74)102(13,14)55-53-100(85,9)10)93-64-81(106-90-49-36-71(65-22-17-15-18-23-65)57-82(90)83-58-72(37-50-91(83)106)66-24-19-16-20-25-66)45-48-88(93)103(96)89-61-75(70-26-21-27-78(56-70)98(4,5)6)38-51-92(89)104(94)79-41-30-67(31-42-79)73-34-46-84-86(59-73)101(11,12)54-52-99(84,7)8/h15-51,56-64H,52-55H2,1-14H3. The molecule has 2 aliphatic heterocycles. The molecule has 0 N–H and O–H groups in total. The second-order valence-electron chi connectivity index (χ2n) is 35.9. The van der Waals surface area contributed by atoms with Gasteiger partial charge in [-0.25, -0.2) is 0 Å². The molecule has 0 unspecified atom stereocenters. The molecule has 18 rings (SSSR count). The van der Waals surface area contributed by atoms with Crippen LogP contribution in [0.4, 0.5) is 34.1 Å². The molecule has 0 atom stereocenters. The van der Waals surface area contributed by atoms with Crippen molar-refractivity contribution in [2.75, 3.05) is 9.80 Å². The molecule has 0 radical (unpaired) electrons. The van der Waals surface area contributed by atoms with E-state index in [0.29, 0.717) is 0 Å². The zero-order chi connectivity index (χ0) is 73.1. The molecule has 3 nitrogen and oxygen atoms in total. The summed E-state index contributed by atoms with van der Waals surface area (Å²) in [5.41, 5.74) is 37.7. The van der Waals surface area contributed by atoms with Crippen LogP contribution in [0.15, 0.2) is 279 Å². The minimum absolute atomic E-state index is 0.0138. The SMILES string of the molecule is CC(C)(C)c1ccc(-c2cc3c4c(c2)N(c2ccc(-c5ccc6c(c5)C(C)(C)CCC6(C)C)cc2)c2cc(-n5c6ccc(-c7ccccc7)cc6c6cc(-c7ccccc7)ccc65)ccc2B4c2cc(-c4cccc(C(C)(C)C)c4)ccc2N3c2ccc(-c3ccc4c(c3)C(C)(C)CCC4(C)C)cc2)cc1. The zero-order valence-electron chi connectivity index (χ0n) is 64.3. The van der Waals surface area contributed by atoms with Crippen molar-refractivity contribution >= 4 is 79.0 Å². The summed E-state index contributed by atoms with van der Waals surface area (Å²) in [5, 5.41) is 2.44. The van der Waals surface area contributed by atoms with Gasteiger partial charge >= 0.3 is 0 Å². The smallest absolute Gasteiger partial charge is 0.252 e. The lowest BCUT2D eigenvalue weighted by Crippen LogP contribution is -2.61. The van der Waals surface area contributed by atoms with Crippen molar-refractivity contribution in [3.8, 4) is 72.4 Å². The first-order chi connectivity index (χ1) is 50.7. The van der Waals surface area contributed by atoms with Crippen molar-refractivity contribution in [2.24, 2.45) is 0 Å². The lowest BCUT2D eigenvalue weighted by atomic mass is 9.33. The highest BCUT2D eigenvalue weighted by Gasteiger charge is 2.45. The number of nitrogens with zero attached hydrogens (tertiary/aromatic N) is 3. The molecule has 0 saturated carbocycles. The van der Waals surface area contributed by atoms with Crippen LogP contribution in [0.2, 0.25) is 0 Å². The van der Waals surface area contributed by atoms with Gasteiger partial charge in [-0.05, 0) is 254 Å². The van der Waals surface area contributed by atoms with Crippen LogP contribution in [-0.2, 0) is 32.5 Å². The van der Waals surface area contributed by atoms with E-state index in [2.05, 4.69) is 390 Å². The molecular formula is C102H96BN3. The van der Waals surface area contributed by atoms with Crippen molar-refractivity contribution in [1.82, 2.24) is 4.57 Å². The maximum absolute atomic E-state index is 2.64. The number of hydrogen-bond acceptors (Lipinski definition) is 2. The van der Waals surface area contributed by atoms with Gasteiger partial charge in [0.2, 0.25) is 0 Å². The Morgan fingerprint density at radius 2 is 0.651 bits per heavy atom. The Morgan fingerprint density at radius 3 is 1.15 bits per heavy atom. The maximum atomic E-state index is 2.64. The molecule has 3 heterocycles. The third kappa shape index (κ3) is 11.3. The summed E-state index contributed by atoms with van der Waals surface area (Å²) in [6.07, 6.45) is 4.72. The largest absolute Gasteiger partial charge is 0.311 e. The lowest BCUT2D eigenvalue weighted by Gasteiger charge is -2.45. The van der Waals surface area contributed by atoms with Crippen LogP contribution >= 0.6 is 0 Å². The summed E-state index contributed by atoms with van der Waals surface area (Å²) in [6, 6.07) is 108. The first-order valence-electron chi connectivity index (χ1n) is 38.7. The van der Waals surface area contributed by atoms with Gasteiger partial charge in [0.1, 0.15) is 0 Å². The van der Waals surface area contributed by atoms with Crippen molar-refractivity contribution in [1.29, 1.82) is 0 Å². The van der Waals surface area contributed by atoms with E-state index < -0.39 is 0 Å². The van der Waals surface area contributed by atoms with Crippen LogP contribution in [0.3, 0.4) is 0 Å². The van der Waals surface area contributed by atoms with Crippen LogP contribution in [0.25, 0.3) is 94.3 Å². The third-order valence-electron chi connectivity index (χ3n) is 25.1. The van der Waals surface area contributed by atoms with E-state index in [9.17, 15) is 0 Å². The number of anilines is 6. The highest BCUT2D eigenvalue weighted by atomic mass is 15.2. The summed E-state index contributed by atoms with van der Waals surface area (Å²) in [6.45, 7) is 33.2. The van der Waals surface area contributed by atoms with E-state index in [4.69, 9.17) is 0 Å². The molecule has 0 fully saturated rings. The van der Waals surface area contributed by atoms with Crippen LogP contribution in [0, 0.1) is 0 Å². The van der Waals surface area contributed by atoms with Crippen LogP contribution in [0.1, 0.15) is 156 Å². The fourth-order valence-corrected chi connectivity index (χ4v) is 18.4. The van der Waals surface area contributed by atoms with Crippen molar-refractivity contribution in [2.45, 2.75) is 155 Å². The van der Waals surface area contributed by atoms with Gasteiger partial charge in [0, 0.05) is 50.6 Å². The van der Waals surface area contributed by atoms with E-state index in [-0.39, 0.29) is 39.2 Å². The van der Waals surface area contributed by atoms with Gasteiger partial charge in [0.05, 0.1) is 11.0 Å². The Kier molecular flexibility index (Phi) is 15.5. The summed E-state index contributed by atoms with van der Waals surface area (Å²) in [4.78, 5) is 5.25. The lowest BCUT2D eigenvalue weighted by molar-refractivity contribution is 0.332. The van der Waals surface area contributed by atoms with Gasteiger partial charge in [0.15, 0.2) is 0 Å². The number of fused-ring (bicyclic) bond motifs is 9. The summed E-state index contributed by atoms with van der Waals surface area (Å²) < 4.78 is 2.54. The molecule has 4 heteroatoms. The first kappa shape index (κ1) is 67.2. The Labute approximate surface area is 629 Å². The predicted octanol–water partition coefficient (Wildman–Crippen LogP) is 26.2. The Hall–Kier alpha value is -10.7. The minimum atomic E-state index is -0.163. The van der Waals surface area contributed by atoms with E-state index in [1.54, 1.807) is 0 Å². The Bertz CT molecular complexity index is 5740. The fourth-order valence-electron chi connectivity index (χ4n) is 18.4. The van der Waals surface area contributed by atoms with Gasteiger partial charge in [-0.15, -0.1) is 0 Å². The van der Waals surface area contributed by atoms with Crippen molar-refractivity contribution < 1.29 is 0 Å². The van der Waals surface area contributed by atoms with Gasteiger partial charge in [-0.2, -0.15) is 0 Å². The van der Waals surface area contributed by atoms with E-state index in [1.807, 2.05) is 0 Å². The van der Waals surface area contributed by atoms with Crippen molar-refractivity contribution in [3.63, 3.8) is 0 Å². The second-order valence-corrected chi connectivity index (χ2v) is 35.9. The topological polar surface area (TPSA) is 11.4 Å². The quantitative estimate of drug-likeness (QED) is 0.133. The molecular weight excluding hydrogens is 1280 g/mol. The van der Waals surface area contributed by atoms with Gasteiger partial charge in [-0.1, -0.05) is 297 Å². The molecule has 13 aromatic carbocycles. The van der Waals surface area contributed by atoms with E-state index in [1.165, 1.54) is 170 Å². The first-order valence-corrected chi connectivity index (χ1v) is 38.7. The van der Waals surface area contributed by atoms with Crippen molar-refractivity contribution in [3.05, 3.63) is 312 Å². The number of aromatic nitrogens is 1. The summed E-state index contributed by atoms with van der Waals surface area (Å²) in [5.74, 6) is 0. The highest BCUT2D eigenvalue weighted by molar-refractivity contribution is 7.00. The number of hydrogen-bond donors (Lipinski definition) is 0. The monoisotopic (exact) mass is 1370 g/mol. The third-order valence-corrected chi connectivity index (χ3v) is 25.1. The normalized spacial score (nSPS) is 15.9. The van der Waals surface area contributed by atoms with Crippen LogP contribution < -0.4 is 26.2 Å². The molecule has 0 bridgehead atoms. The predicted molar refractivity (Wildman–Crippen MR) is 455 cm³/mol. The molecule has 0 amide bonds. The van der Waals surface area contributed by atoms with E-state index >= 15 is 0 Å². The molecule has 106 heavy (non-hydrogen) atoms. The molecule has 1 aromatic heterocycles. The summed E-state index contributed by atoms with van der Waals surface area (Å²) >= 11 is 0. The van der Waals surface area contributed by atoms with E-state index in [0.717, 1.165) is 33.8 Å². The Morgan fingerprint density at radius 1 is 0.264 bits per heavy atom. The van der Waals surface area contributed by atoms with Crippen LogP contribution in [-0.4, -0.2) is 11.3 Å². The summed E-state index contributed by atoms with van der Waals surface area (Å²) in [7, 11) is 0. The average Bonchev–Trinajstić information content (AvgIpc) is 0.766. The number of benzene rings is 13. The fraction of sp³-hybridized carbons (Fsp3) is 0.235. The minimum Gasteiger partial charge on any atom is -0.311 e. The highest BCUT2D eigenvalue weighted by Crippen LogP contribution is 2.52. The molecule has 0 saturated heterocycles. The Balaban J connectivity index is 0.896. The van der Waals surface area contributed by atoms with Crippen LogP contribution in [0.5, 0.6) is 0 Å². The maximum Gasteiger partial charge on any atom is 0.252 e. The zero-order valence-corrected chi connectivity index (χ0v) is 64.3. The van der Waals surface area contributed by atoms with Gasteiger partial charge < -0.3 is 14.4 Å². The second kappa shape index (κ2) is 24.4. The number of rotatable bonds is 9. The van der Waals surface area contributed by atoms with Gasteiger partial charge in [-0.3, -0.25) is 0 Å².